The van der Waals surface area contributed by atoms with Crippen LogP contribution < -0.4 is 5.32 Å². The summed E-state index contributed by atoms with van der Waals surface area (Å²) in [5, 5.41) is 12.0. The Morgan fingerprint density at radius 1 is 1.64 bits per heavy atom. The second-order valence-electron chi connectivity index (χ2n) is 3.23. The van der Waals surface area contributed by atoms with Crippen molar-refractivity contribution in [3.8, 4) is 0 Å². The minimum Gasteiger partial charge on any atom is -0.396 e. The van der Waals surface area contributed by atoms with Crippen molar-refractivity contribution >= 4 is 0 Å². The van der Waals surface area contributed by atoms with E-state index in [2.05, 4.69) is 17.1 Å². The van der Waals surface area contributed by atoms with Crippen LogP contribution in [0.4, 0.5) is 0 Å². The molecule has 1 atom stereocenters. The third-order valence-electron chi connectivity index (χ3n) is 2.09. The average Bonchev–Trinajstić information content (AvgIpc) is 2.01. The van der Waals surface area contributed by atoms with Gasteiger partial charge in [0.05, 0.1) is 0 Å². The van der Waals surface area contributed by atoms with Gasteiger partial charge in [-0.3, -0.25) is 0 Å². The van der Waals surface area contributed by atoms with E-state index in [1.54, 1.807) is 0 Å². The molecule has 1 saturated heterocycles. The van der Waals surface area contributed by atoms with Crippen molar-refractivity contribution in [2.24, 2.45) is 0 Å². The van der Waals surface area contributed by atoms with E-state index in [0.29, 0.717) is 12.6 Å². The SMILES string of the molecule is CC1CN(CCCO)CCN1. The summed E-state index contributed by atoms with van der Waals surface area (Å²) in [5.41, 5.74) is 0. The lowest BCUT2D eigenvalue weighted by Crippen LogP contribution is -2.49. The molecular weight excluding hydrogens is 140 g/mol. The van der Waals surface area contributed by atoms with Gasteiger partial charge in [0.15, 0.2) is 0 Å². The van der Waals surface area contributed by atoms with E-state index in [0.717, 1.165) is 32.6 Å². The largest absolute Gasteiger partial charge is 0.396 e. The number of aliphatic hydroxyl groups excluding tert-OH is 1. The van der Waals surface area contributed by atoms with Gasteiger partial charge in [0.25, 0.3) is 0 Å². The number of piperazine rings is 1. The van der Waals surface area contributed by atoms with E-state index in [4.69, 9.17) is 5.11 Å². The van der Waals surface area contributed by atoms with E-state index >= 15 is 0 Å². The van der Waals surface area contributed by atoms with Gasteiger partial charge in [-0.1, -0.05) is 0 Å². The standard InChI is InChI=1S/C8H18N2O/c1-8-7-10(4-2-6-11)5-3-9-8/h8-9,11H,2-7H2,1H3. The molecular formula is C8H18N2O. The van der Waals surface area contributed by atoms with Gasteiger partial charge in [0, 0.05) is 38.8 Å². The molecule has 3 heteroatoms. The van der Waals surface area contributed by atoms with Crippen LogP contribution in [0.25, 0.3) is 0 Å². The van der Waals surface area contributed by atoms with Gasteiger partial charge in [0.2, 0.25) is 0 Å². The fourth-order valence-electron chi connectivity index (χ4n) is 1.51. The predicted octanol–water partition coefficient (Wildman–Crippen LogP) is -0.337. The number of rotatable bonds is 3. The lowest BCUT2D eigenvalue weighted by molar-refractivity contribution is 0.184. The first kappa shape index (κ1) is 8.97. The van der Waals surface area contributed by atoms with Crippen LogP contribution in [0.3, 0.4) is 0 Å². The molecule has 1 heterocycles. The zero-order valence-corrected chi connectivity index (χ0v) is 7.21. The normalized spacial score (nSPS) is 27.3. The summed E-state index contributed by atoms with van der Waals surface area (Å²) in [6.45, 7) is 6.91. The van der Waals surface area contributed by atoms with E-state index in [9.17, 15) is 0 Å². The zero-order valence-electron chi connectivity index (χ0n) is 7.21. The Hall–Kier alpha value is -0.120. The van der Waals surface area contributed by atoms with Crippen LogP contribution in [0.5, 0.6) is 0 Å². The van der Waals surface area contributed by atoms with Gasteiger partial charge in [0.1, 0.15) is 0 Å². The fourth-order valence-corrected chi connectivity index (χ4v) is 1.51. The summed E-state index contributed by atoms with van der Waals surface area (Å²) in [6, 6.07) is 0.613. The second kappa shape index (κ2) is 4.70. The lowest BCUT2D eigenvalue weighted by Gasteiger charge is -2.31. The minimum absolute atomic E-state index is 0.318. The number of nitrogens with one attached hydrogen (secondary N) is 1. The molecule has 0 amide bonds. The average molecular weight is 158 g/mol. The van der Waals surface area contributed by atoms with Crippen molar-refractivity contribution in [3.63, 3.8) is 0 Å². The van der Waals surface area contributed by atoms with Crippen molar-refractivity contribution in [3.05, 3.63) is 0 Å². The van der Waals surface area contributed by atoms with Crippen LogP contribution in [0.1, 0.15) is 13.3 Å². The van der Waals surface area contributed by atoms with E-state index in [1.807, 2.05) is 0 Å². The van der Waals surface area contributed by atoms with Crippen molar-refractivity contribution in [1.29, 1.82) is 0 Å². The summed E-state index contributed by atoms with van der Waals surface area (Å²) >= 11 is 0. The number of hydrogen-bond donors (Lipinski definition) is 2. The molecule has 0 spiro atoms. The highest BCUT2D eigenvalue weighted by Gasteiger charge is 2.13. The molecule has 0 aromatic rings. The number of hydrogen-bond acceptors (Lipinski definition) is 3. The molecule has 0 aromatic carbocycles. The van der Waals surface area contributed by atoms with Crippen molar-refractivity contribution in [1.82, 2.24) is 10.2 Å². The van der Waals surface area contributed by atoms with Crippen LogP contribution in [-0.4, -0.2) is 48.8 Å². The first-order valence-electron chi connectivity index (χ1n) is 4.39. The van der Waals surface area contributed by atoms with Crippen LogP contribution in [0, 0.1) is 0 Å². The van der Waals surface area contributed by atoms with E-state index in [1.165, 1.54) is 0 Å². The highest BCUT2D eigenvalue weighted by atomic mass is 16.3. The molecule has 3 nitrogen and oxygen atoms in total. The number of aliphatic hydroxyl groups is 1. The monoisotopic (exact) mass is 158 g/mol. The number of nitrogens with zero attached hydrogens (tertiary/aromatic N) is 1. The quantitative estimate of drug-likeness (QED) is 0.590. The van der Waals surface area contributed by atoms with Crippen molar-refractivity contribution < 1.29 is 5.11 Å². The smallest absolute Gasteiger partial charge is 0.0443 e. The minimum atomic E-state index is 0.318. The van der Waals surface area contributed by atoms with Crippen LogP contribution in [0.15, 0.2) is 0 Å². The van der Waals surface area contributed by atoms with E-state index in [-0.39, 0.29) is 0 Å². The molecule has 11 heavy (non-hydrogen) atoms. The molecule has 1 rings (SSSR count). The fraction of sp³-hybridized carbons (Fsp3) is 1.00. The first-order valence-corrected chi connectivity index (χ1v) is 4.39. The Balaban J connectivity index is 2.12. The molecule has 66 valence electrons. The molecule has 0 aromatic heterocycles. The summed E-state index contributed by atoms with van der Waals surface area (Å²) < 4.78 is 0. The summed E-state index contributed by atoms with van der Waals surface area (Å²) in [5.74, 6) is 0. The van der Waals surface area contributed by atoms with E-state index < -0.39 is 0 Å². The summed E-state index contributed by atoms with van der Waals surface area (Å²) in [4.78, 5) is 2.40. The van der Waals surface area contributed by atoms with Gasteiger partial charge in [-0.25, -0.2) is 0 Å². The molecule has 0 saturated carbocycles. The topological polar surface area (TPSA) is 35.5 Å². The van der Waals surface area contributed by atoms with Crippen molar-refractivity contribution in [2.75, 3.05) is 32.8 Å². The lowest BCUT2D eigenvalue weighted by atomic mass is 10.2. The second-order valence-corrected chi connectivity index (χ2v) is 3.23. The Morgan fingerprint density at radius 2 is 2.45 bits per heavy atom. The van der Waals surface area contributed by atoms with Crippen LogP contribution in [0.2, 0.25) is 0 Å². The van der Waals surface area contributed by atoms with Gasteiger partial charge in [-0.15, -0.1) is 0 Å². The van der Waals surface area contributed by atoms with Crippen molar-refractivity contribution in [2.45, 2.75) is 19.4 Å². The third-order valence-corrected chi connectivity index (χ3v) is 2.09. The Labute approximate surface area is 68.4 Å². The Morgan fingerprint density at radius 3 is 3.09 bits per heavy atom. The Bertz CT molecular complexity index is 108. The third kappa shape index (κ3) is 3.18. The molecule has 0 bridgehead atoms. The van der Waals surface area contributed by atoms with Crippen LogP contribution in [-0.2, 0) is 0 Å². The van der Waals surface area contributed by atoms with Gasteiger partial charge >= 0.3 is 0 Å². The Kier molecular flexibility index (Phi) is 3.83. The van der Waals surface area contributed by atoms with Gasteiger partial charge in [-0.05, 0) is 13.3 Å². The van der Waals surface area contributed by atoms with Gasteiger partial charge in [-0.2, -0.15) is 0 Å². The summed E-state index contributed by atoms with van der Waals surface area (Å²) in [7, 11) is 0. The maximum absolute atomic E-state index is 8.62. The molecule has 0 aliphatic carbocycles. The summed E-state index contributed by atoms with van der Waals surface area (Å²) in [6.07, 6.45) is 0.909. The maximum Gasteiger partial charge on any atom is 0.0443 e. The zero-order chi connectivity index (χ0) is 8.10. The highest BCUT2D eigenvalue weighted by molar-refractivity contribution is 4.74. The first-order chi connectivity index (χ1) is 5.33. The molecule has 0 radical (unpaired) electrons. The molecule has 1 fully saturated rings. The maximum atomic E-state index is 8.62. The molecule has 1 aliphatic rings. The highest BCUT2D eigenvalue weighted by Crippen LogP contribution is 1.98. The predicted molar refractivity (Wildman–Crippen MR) is 45.6 cm³/mol. The molecule has 1 aliphatic heterocycles. The van der Waals surface area contributed by atoms with Gasteiger partial charge < -0.3 is 15.3 Å². The molecule has 1 unspecified atom stereocenters. The molecule has 2 N–H and O–H groups in total. The van der Waals surface area contributed by atoms with Crippen LogP contribution >= 0.6 is 0 Å².